The molecule has 3 aromatic rings. The van der Waals surface area contributed by atoms with Crippen molar-refractivity contribution in [2.24, 2.45) is 0 Å². The van der Waals surface area contributed by atoms with Gasteiger partial charge in [-0.25, -0.2) is 4.79 Å². The minimum atomic E-state index is -0.949. The molecule has 8 heteroatoms. The van der Waals surface area contributed by atoms with E-state index in [9.17, 15) is 19.2 Å². The lowest BCUT2D eigenvalue weighted by molar-refractivity contribution is -0.146. The summed E-state index contributed by atoms with van der Waals surface area (Å²) in [4.78, 5) is 56.2. The first-order valence-electron chi connectivity index (χ1n) is 9.82. The molecule has 0 aliphatic carbocycles. The highest BCUT2D eigenvalue weighted by Crippen LogP contribution is 2.21. The van der Waals surface area contributed by atoms with Crippen LogP contribution in [0.25, 0.3) is 11.0 Å². The number of hydrogen-bond donors (Lipinski definition) is 3. The normalized spacial score (nSPS) is 12.1. The molecule has 30 heavy (non-hydrogen) atoms. The topological polar surface area (TPSA) is 125 Å². The monoisotopic (exact) mass is 411 g/mol. The van der Waals surface area contributed by atoms with Crippen molar-refractivity contribution in [2.45, 2.75) is 53.1 Å². The Hall–Kier alpha value is -3.42. The zero-order valence-electron chi connectivity index (χ0n) is 17.5. The van der Waals surface area contributed by atoms with E-state index in [1.165, 1.54) is 13.8 Å². The molecule has 0 aliphatic rings. The molecule has 0 aliphatic heterocycles. The number of Topliss-reactive ketones (excluding diaryl/α,β-unsaturated/α-hetero) is 2. The van der Waals surface area contributed by atoms with Crippen molar-refractivity contribution >= 4 is 28.6 Å². The number of rotatable bonds is 8. The lowest BCUT2D eigenvalue weighted by atomic mass is 10.0. The lowest BCUT2D eigenvalue weighted by Gasteiger charge is -2.12. The number of ether oxygens (including phenoxy) is 1. The molecule has 0 saturated carbocycles. The Balaban J connectivity index is 1.55. The second-order valence-corrected chi connectivity index (χ2v) is 7.49. The third-order valence-electron chi connectivity index (χ3n) is 5.14. The van der Waals surface area contributed by atoms with Crippen LogP contribution in [-0.4, -0.2) is 38.6 Å². The molecular weight excluding hydrogens is 386 g/mol. The Labute approximate surface area is 173 Å². The van der Waals surface area contributed by atoms with Crippen LogP contribution in [0, 0.1) is 13.8 Å². The number of hydrogen-bond acceptors (Lipinski definition) is 5. The minimum absolute atomic E-state index is 0.119. The predicted octanol–water partition coefficient (Wildman–Crippen LogP) is 3.14. The summed E-state index contributed by atoms with van der Waals surface area (Å²) in [6.07, 6.45) is 0.406. The molecule has 0 unspecified atom stereocenters. The van der Waals surface area contributed by atoms with E-state index in [4.69, 9.17) is 4.74 Å². The van der Waals surface area contributed by atoms with Crippen molar-refractivity contribution in [3.05, 3.63) is 56.8 Å². The first-order chi connectivity index (χ1) is 14.2. The lowest BCUT2D eigenvalue weighted by Crippen LogP contribution is -2.25. The summed E-state index contributed by atoms with van der Waals surface area (Å²) in [5.74, 6) is -0.940. The number of imidazole rings is 1. The number of fused-ring (bicyclic) bond motifs is 1. The van der Waals surface area contributed by atoms with E-state index in [1.807, 2.05) is 18.2 Å². The number of H-pyrrole nitrogens is 3. The fourth-order valence-electron chi connectivity index (χ4n) is 3.71. The van der Waals surface area contributed by atoms with Gasteiger partial charge in [-0.1, -0.05) is 6.07 Å². The van der Waals surface area contributed by atoms with Gasteiger partial charge in [0.05, 0.1) is 16.7 Å². The molecule has 0 spiro atoms. The Morgan fingerprint density at radius 1 is 1.07 bits per heavy atom. The van der Waals surface area contributed by atoms with E-state index in [-0.39, 0.29) is 23.7 Å². The van der Waals surface area contributed by atoms with Gasteiger partial charge in [-0.2, -0.15) is 0 Å². The van der Waals surface area contributed by atoms with Crippen molar-refractivity contribution in [1.29, 1.82) is 0 Å². The highest BCUT2D eigenvalue weighted by Gasteiger charge is 2.25. The molecule has 3 N–H and O–H groups in total. The second-order valence-electron chi connectivity index (χ2n) is 7.49. The van der Waals surface area contributed by atoms with Crippen LogP contribution >= 0.6 is 0 Å². The summed E-state index contributed by atoms with van der Waals surface area (Å²) in [7, 11) is 0. The fourth-order valence-corrected chi connectivity index (χ4v) is 3.71. The van der Waals surface area contributed by atoms with Gasteiger partial charge in [-0.05, 0) is 63.8 Å². The van der Waals surface area contributed by atoms with Gasteiger partial charge in [0.2, 0.25) is 5.78 Å². The number of carbonyl (C=O) groups is 3. The van der Waals surface area contributed by atoms with Crippen LogP contribution < -0.4 is 5.69 Å². The van der Waals surface area contributed by atoms with Crippen LogP contribution in [0.2, 0.25) is 0 Å². The van der Waals surface area contributed by atoms with E-state index in [1.54, 1.807) is 13.8 Å². The van der Waals surface area contributed by atoms with Gasteiger partial charge in [0.25, 0.3) is 0 Å². The summed E-state index contributed by atoms with van der Waals surface area (Å²) in [6, 6.07) is 5.58. The third kappa shape index (κ3) is 4.42. The number of aryl methyl sites for hydroxylation is 2. The number of aromatic amines is 3. The van der Waals surface area contributed by atoms with Crippen LogP contribution in [0.1, 0.15) is 64.4 Å². The van der Waals surface area contributed by atoms with Crippen LogP contribution in [0.3, 0.4) is 0 Å². The zero-order chi connectivity index (χ0) is 22.0. The van der Waals surface area contributed by atoms with Gasteiger partial charge in [0.1, 0.15) is 0 Å². The number of nitrogens with one attached hydrogen (secondary N) is 3. The number of carbonyl (C=O) groups excluding carboxylic acids is 3. The molecule has 3 rings (SSSR count). The number of aromatic nitrogens is 3. The number of ketones is 2. The smallest absolute Gasteiger partial charge is 0.323 e. The summed E-state index contributed by atoms with van der Waals surface area (Å²) < 4.78 is 5.30. The molecule has 0 fully saturated rings. The second kappa shape index (κ2) is 8.52. The molecule has 1 aromatic carbocycles. The van der Waals surface area contributed by atoms with Crippen molar-refractivity contribution < 1.29 is 19.1 Å². The van der Waals surface area contributed by atoms with Gasteiger partial charge in [-0.3, -0.25) is 14.4 Å². The van der Waals surface area contributed by atoms with E-state index >= 15 is 0 Å². The molecule has 158 valence electrons. The van der Waals surface area contributed by atoms with E-state index in [0.717, 1.165) is 16.6 Å². The maximum absolute atomic E-state index is 12.7. The molecule has 0 amide bonds. The van der Waals surface area contributed by atoms with Gasteiger partial charge in [0, 0.05) is 17.7 Å². The van der Waals surface area contributed by atoms with Crippen LogP contribution in [0.4, 0.5) is 0 Å². The third-order valence-corrected chi connectivity index (χ3v) is 5.14. The molecule has 8 nitrogen and oxygen atoms in total. The SMILES string of the molecule is CC(=O)c1c(C)[nH]c(C(=O)[C@H](C)OC(=O)CCCc2ccc3[nH]c(=O)[nH]c3c2)c1C. The van der Waals surface area contributed by atoms with Gasteiger partial charge < -0.3 is 19.7 Å². The van der Waals surface area contributed by atoms with Crippen LogP contribution in [0.15, 0.2) is 23.0 Å². The predicted molar refractivity (Wildman–Crippen MR) is 112 cm³/mol. The maximum Gasteiger partial charge on any atom is 0.323 e. The minimum Gasteiger partial charge on any atom is -0.454 e. The van der Waals surface area contributed by atoms with Crippen molar-refractivity contribution in [2.75, 3.05) is 0 Å². The molecule has 0 radical (unpaired) electrons. The quantitative estimate of drug-likeness (QED) is 0.388. The van der Waals surface area contributed by atoms with Gasteiger partial charge in [0.15, 0.2) is 11.9 Å². The Morgan fingerprint density at radius 2 is 1.77 bits per heavy atom. The zero-order valence-corrected chi connectivity index (χ0v) is 17.5. The molecule has 0 saturated heterocycles. The Morgan fingerprint density at radius 3 is 2.43 bits per heavy atom. The highest BCUT2D eigenvalue weighted by molar-refractivity contribution is 6.05. The average molecular weight is 411 g/mol. The van der Waals surface area contributed by atoms with E-state index < -0.39 is 12.1 Å². The van der Waals surface area contributed by atoms with Crippen molar-refractivity contribution in [3.8, 4) is 0 Å². The molecule has 1 atom stereocenters. The number of benzene rings is 1. The van der Waals surface area contributed by atoms with Crippen molar-refractivity contribution in [1.82, 2.24) is 15.0 Å². The Kier molecular flexibility index (Phi) is 6.05. The van der Waals surface area contributed by atoms with Crippen molar-refractivity contribution in [3.63, 3.8) is 0 Å². The van der Waals surface area contributed by atoms with Gasteiger partial charge in [-0.15, -0.1) is 0 Å². The largest absolute Gasteiger partial charge is 0.454 e. The molecular formula is C22H25N3O5. The Bertz CT molecular complexity index is 1180. The van der Waals surface area contributed by atoms with Crippen LogP contribution in [-0.2, 0) is 16.0 Å². The number of esters is 1. The fraction of sp³-hybridized carbons (Fsp3) is 0.364. The molecule has 2 heterocycles. The molecule has 0 bridgehead atoms. The first kappa shape index (κ1) is 21.3. The average Bonchev–Trinajstić information content (AvgIpc) is 3.18. The van der Waals surface area contributed by atoms with E-state index in [2.05, 4.69) is 15.0 Å². The molecule has 2 aromatic heterocycles. The summed E-state index contributed by atoms with van der Waals surface area (Å²) >= 11 is 0. The van der Waals surface area contributed by atoms with Gasteiger partial charge >= 0.3 is 11.7 Å². The maximum atomic E-state index is 12.7. The van der Waals surface area contributed by atoms with Crippen LogP contribution in [0.5, 0.6) is 0 Å². The standard InChI is InChI=1S/C22H25N3O5/c1-11-19(13(3)26)12(2)23-20(11)21(28)14(4)30-18(27)7-5-6-15-8-9-16-17(10-15)25-22(29)24-16/h8-10,14,23H,5-7H2,1-4H3,(H2,24,25,29)/t14-/m0/s1. The summed E-state index contributed by atoms with van der Waals surface area (Å²) in [6.45, 7) is 6.42. The first-order valence-corrected chi connectivity index (χ1v) is 9.82. The summed E-state index contributed by atoms with van der Waals surface area (Å²) in [5, 5.41) is 0. The highest BCUT2D eigenvalue weighted by atomic mass is 16.5. The summed E-state index contributed by atoms with van der Waals surface area (Å²) in [5.41, 5.74) is 4.19. The van der Waals surface area contributed by atoms with E-state index in [0.29, 0.717) is 35.4 Å².